The molecule has 0 aliphatic carbocycles. The highest BCUT2D eigenvalue weighted by molar-refractivity contribution is 14.0. The number of halogens is 5. The van der Waals surface area contributed by atoms with E-state index in [9.17, 15) is 13.2 Å². The van der Waals surface area contributed by atoms with Gasteiger partial charge in [-0.25, -0.2) is 9.98 Å². The minimum atomic E-state index is -4.46. The molecule has 24 heavy (non-hydrogen) atoms. The Balaban J connectivity index is 0.00000288. The van der Waals surface area contributed by atoms with Crippen molar-refractivity contribution in [2.24, 2.45) is 10.7 Å². The van der Waals surface area contributed by atoms with Crippen molar-refractivity contribution >= 4 is 58.6 Å². The number of benzene rings is 1. The molecule has 0 atom stereocenters. The Hall–Kier alpha value is -1.27. The molecular formula is C13H13ClF3IN4OS. The molecule has 1 heterocycles. The van der Waals surface area contributed by atoms with Crippen LogP contribution in [0.4, 0.5) is 18.9 Å². The van der Waals surface area contributed by atoms with Crippen LogP contribution < -0.4 is 15.8 Å². The van der Waals surface area contributed by atoms with Gasteiger partial charge in [-0.2, -0.15) is 13.2 Å². The summed E-state index contributed by atoms with van der Waals surface area (Å²) >= 11 is 6.84. The number of guanidine groups is 1. The molecule has 1 aromatic carbocycles. The van der Waals surface area contributed by atoms with E-state index in [0.29, 0.717) is 16.5 Å². The lowest BCUT2D eigenvalue weighted by atomic mass is 10.3. The summed E-state index contributed by atoms with van der Waals surface area (Å²) in [6.45, 7) is -0.0521. The number of methoxy groups -OCH3 is 1. The van der Waals surface area contributed by atoms with Crippen molar-refractivity contribution in [2.75, 3.05) is 12.4 Å². The summed E-state index contributed by atoms with van der Waals surface area (Å²) in [4.78, 5) is 7.41. The van der Waals surface area contributed by atoms with E-state index in [1.807, 2.05) is 0 Å². The van der Waals surface area contributed by atoms with Crippen molar-refractivity contribution in [2.45, 2.75) is 12.7 Å². The first-order valence-electron chi connectivity index (χ1n) is 6.21. The number of thiazole rings is 1. The van der Waals surface area contributed by atoms with Crippen LogP contribution in [0, 0.1) is 0 Å². The van der Waals surface area contributed by atoms with Crippen molar-refractivity contribution in [1.82, 2.24) is 4.98 Å². The second-order valence-corrected chi connectivity index (χ2v) is 5.65. The molecular weight excluding hydrogens is 480 g/mol. The number of nitrogens with one attached hydrogen (secondary N) is 1. The fourth-order valence-electron chi connectivity index (χ4n) is 1.60. The number of alkyl halides is 3. The Morgan fingerprint density at radius 2 is 2.17 bits per heavy atom. The summed E-state index contributed by atoms with van der Waals surface area (Å²) in [5.41, 5.74) is 5.33. The van der Waals surface area contributed by atoms with Gasteiger partial charge in [-0.3, -0.25) is 0 Å². The quantitative estimate of drug-likeness (QED) is 0.378. The summed E-state index contributed by atoms with van der Waals surface area (Å²) in [6, 6.07) is 4.92. The average molecular weight is 493 g/mol. The number of nitrogens with two attached hydrogens (primary N) is 1. The predicted octanol–water partition coefficient (Wildman–Crippen LogP) is 4.37. The first kappa shape index (κ1) is 20.8. The zero-order valence-corrected chi connectivity index (χ0v) is 16.1. The van der Waals surface area contributed by atoms with E-state index in [-0.39, 0.29) is 41.5 Å². The Labute approximate surface area is 162 Å². The second kappa shape index (κ2) is 8.72. The molecule has 2 aromatic rings. The number of rotatable bonds is 4. The van der Waals surface area contributed by atoms with Crippen molar-refractivity contribution < 1.29 is 17.9 Å². The molecule has 0 aliphatic rings. The van der Waals surface area contributed by atoms with E-state index in [4.69, 9.17) is 22.1 Å². The lowest BCUT2D eigenvalue weighted by molar-refractivity contribution is -0.140. The molecule has 0 fully saturated rings. The lowest BCUT2D eigenvalue weighted by Crippen LogP contribution is -2.22. The monoisotopic (exact) mass is 492 g/mol. The Morgan fingerprint density at radius 1 is 1.46 bits per heavy atom. The Morgan fingerprint density at radius 3 is 2.71 bits per heavy atom. The van der Waals surface area contributed by atoms with E-state index >= 15 is 0 Å². The van der Waals surface area contributed by atoms with Gasteiger partial charge in [0.05, 0.1) is 18.7 Å². The number of anilines is 1. The average Bonchev–Trinajstić information content (AvgIpc) is 2.94. The van der Waals surface area contributed by atoms with Gasteiger partial charge in [-0.05, 0) is 18.2 Å². The maximum Gasteiger partial charge on any atom is 0.434 e. The highest BCUT2D eigenvalue weighted by Gasteiger charge is 2.33. The lowest BCUT2D eigenvalue weighted by Gasteiger charge is -2.08. The highest BCUT2D eigenvalue weighted by Crippen LogP contribution is 2.30. The molecule has 0 saturated carbocycles. The van der Waals surface area contributed by atoms with Crippen LogP contribution in [-0.4, -0.2) is 18.1 Å². The molecule has 5 nitrogen and oxygen atoms in total. The van der Waals surface area contributed by atoms with Crippen molar-refractivity contribution in [1.29, 1.82) is 0 Å². The Bertz CT molecular complexity index is 723. The fraction of sp³-hybridized carbons (Fsp3) is 0.231. The topological polar surface area (TPSA) is 72.5 Å². The summed E-state index contributed by atoms with van der Waals surface area (Å²) in [5, 5.41) is 4.33. The maximum atomic E-state index is 12.4. The minimum absolute atomic E-state index is 0. The van der Waals surface area contributed by atoms with Gasteiger partial charge in [0, 0.05) is 11.1 Å². The number of hydrogen-bond acceptors (Lipinski definition) is 4. The molecule has 11 heteroatoms. The Kier molecular flexibility index (Phi) is 7.55. The van der Waals surface area contributed by atoms with Gasteiger partial charge in [0.2, 0.25) is 0 Å². The highest BCUT2D eigenvalue weighted by atomic mass is 127. The smallest absolute Gasteiger partial charge is 0.434 e. The third kappa shape index (κ3) is 5.67. The van der Waals surface area contributed by atoms with Crippen LogP contribution in [-0.2, 0) is 12.7 Å². The van der Waals surface area contributed by atoms with Crippen LogP contribution in [0.5, 0.6) is 5.75 Å². The molecule has 2 rings (SSSR count). The maximum absolute atomic E-state index is 12.4. The molecule has 0 saturated heterocycles. The van der Waals surface area contributed by atoms with E-state index in [0.717, 1.165) is 16.7 Å². The summed E-state index contributed by atoms with van der Waals surface area (Å²) in [7, 11) is 1.49. The third-order valence-corrected chi connectivity index (χ3v) is 3.78. The van der Waals surface area contributed by atoms with E-state index in [1.54, 1.807) is 18.2 Å². The van der Waals surface area contributed by atoms with Crippen LogP contribution in [0.2, 0.25) is 5.02 Å². The van der Waals surface area contributed by atoms with Gasteiger partial charge in [0.1, 0.15) is 10.8 Å². The number of aromatic nitrogens is 1. The standard InChI is InChI=1S/C13H12ClF3N4OS.HI/c1-22-9-3-2-7(4-8(9)14)20-12(18)19-5-11-21-10(6-23-11)13(15,16)17;/h2-4,6H,5H2,1H3,(H3,18,19,20);1H. The first-order valence-corrected chi connectivity index (χ1v) is 7.47. The van der Waals surface area contributed by atoms with E-state index in [1.165, 1.54) is 7.11 Å². The molecule has 0 amide bonds. The molecule has 0 spiro atoms. The van der Waals surface area contributed by atoms with Gasteiger partial charge < -0.3 is 15.8 Å². The zero-order chi connectivity index (χ0) is 17.0. The second-order valence-electron chi connectivity index (χ2n) is 4.30. The van der Waals surface area contributed by atoms with E-state index in [2.05, 4.69) is 15.3 Å². The van der Waals surface area contributed by atoms with Crippen LogP contribution in [0.3, 0.4) is 0 Å². The molecule has 132 valence electrons. The number of nitrogens with zero attached hydrogens (tertiary/aromatic N) is 2. The summed E-state index contributed by atoms with van der Waals surface area (Å²) in [5.74, 6) is 0.546. The number of hydrogen-bond donors (Lipinski definition) is 2. The minimum Gasteiger partial charge on any atom is -0.495 e. The van der Waals surface area contributed by atoms with Crippen LogP contribution >= 0.6 is 46.9 Å². The normalized spacial score (nSPS) is 11.8. The van der Waals surface area contributed by atoms with Crippen molar-refractivity contribution in [3.8, 4) is 5.75 Å². The largest absolute Gasteiger partial charge is 0.495 e. The summed E-state index contributed by atoms with van der Waals surface area (Å²) in [6.07, 6.45) is -4.46. The molecule has 0 unspecified atom stereocenters. The SMILES string of the molecule is COc1ccc(NC(N)=NCc2nc(C(F)(F)F)cs2)cc1Cl.I. The molecule has 0 radical (unpaired) electrons. The molecule has 0 bridgehead atoms. The summed E-state index contributed by atoms with van der Waals surface area (Å²) < 4.78 is 42.3. The number of aliphatic imine (C=N–C) groups is 1. The van der Waals surface area contributed by atoms with Gasteiger partial charge in [-0.1, -0.05) is 11.6 Å². The van der Waals surface area contributed by atoms with Crippen molar-refractivity contribution in [3.63, 3.8) is 0 Å². The van der Waals surface area contributed by atoms with Gasteiger partial charge in [0.15, 0.2) is 11.7 Å². The number of ether oxygens (including phenoxy) is 1. The molecule has 0 aliphatic heterocycles. The van der Waals surface area contributed by atoms with Crippen LogP contribution in [0.15, 0.2) is 28.6 Å². The van der Waals surface area contributed by atoms with E-state index < -0.39 is 11.9 Å². The fourth-order valence-corrected chi connectivity index (χ4v) is 2.58. The zero-order valence-electron chi connectivity index (χ0n) is 12.2. The predicted molar refractivity (Wildman–Crippen MR) is 99.5 cm³/mol. The van der Waals surface area contributed by atoms with Crippen LogP contribution in [0.25, 0.3) is 0 Å². The van der Waals surface area contributed by atoms with Gasteiger partial charge in [0.25, 0.3) is 0 Å². The molecule has 1 aromatic heterocycles. The van der Waals surface area contributed by atoms with Crippen molar-refractivity contribution in [3.05, 3.63) is 39.3 Å². The first-order chi connectivity index (χ1) is 10.8. The van der Waals surface area contributed by atoms with Gasteiger partial charge >= 0.3 is 6.18 Å². The third-order valence-electron chi connectivity index (χ3n) is 2.65. The van der Waals surface area contributed by atoms with Gasteiger partial charge in [-0.15, -0.1) is 35.3 Å². The van der Waals surface area contributed by atoms with Crippen LogP contribution in [0.1, 0.15) is 10.7 Å². The molecule has 3 N–H and O–H groups in total.